The van der Waals surface area contributed by atoms with Crippen LogP contribution in [0.25, 0.3) is 22.2 Å². The lowest BCUT2D eigenvalue weighted by Gasteiger charge is -2.31. The van der Waals surface area contributed by atoms with E-state index in [4.69, 9.17) is 9.72 Å². The maximum atomic E-state index is 15.1. The van der Waals surface area contributed by atoms with Crippen LogP contribution >= 0.6 is 0 Å². The van der Waals surface area contributed by atoms with Gasteiger partial charge in [0.25, 0.3) is 0 Å². The minimum atomic E-state index is -0.980. The van der Waals surface area contributed by atoms with Gasteiger partial charge in [0.2, 0.25) is 11.8 Å². The van der Waals surface area contributed by atoms with Gasteiger partial charge in [-0.2, -0.15) is 5.10 Å². The molecule has 4 heterocycles. The first-order chi connectivity index (χ1) is 25.5. The van der Waals surface area contributed by atoms with Gasteiger partial charge in [0.15, 0.2) is 5.65 Å². The summed E-state index contributed by atoms with van der Waals surface area (Å²) in [5, 5.41) is 18.8. The lowest BCUT2D eigenvalue weighted by atomic mass is 9.87. The quantitative estimate of drug-likeness (QED) is 0.133. The largest absolute Gasteiger partial charge is 0.381 e. The molecule has 0 spiro atoms. The second-order valence-electron chi connectivity index (χ2n) is 15.1. The zero-order chi connectivity index (χ0) is 37.5. The molecule has 11 nitrogen and oxygen atoms in total. The Morgan fingerprint density at radius 2 is 1.87 bits per heavy atom. The van der Waals surface area contributed by atoms with Crippen LogP contribution in [0.2, 0.25) is 0 Å². The van der Waals surface area contributed by atoms with Crippen molar-refractivity contribution >= 4 is 28.5 Å². The summed E-state index contributed by atoms with van der Waals surface area (Å²) in [5.41, 5.74) is 5.86. The molecule has 2 amide bonds. The zero-order valence-corrected chi connectivity index (χ0v) is 31.9. The summed E-state index contributed by atoms with van der Waals surface area (Å²) < 4.78 is 22.6. The number of aromatic nitrogens is 3. The molecule has 53 heavy (non-hydrogen) atoms. The van der Waals surface area contributed by atoms with Crippen LogP contribution < -0.4 is 21.3 Å². The second-order valence-corrected chi connectivity index (χ2v) is 15.1. The normalized spacial score (nSPS) is 17.2. The van der Waals surface area contributed by atoms with Crippen LogP contribution in [-0.2, 0) is 46.9 Å². The van der Waals surface area contributed by atoms with Crippen molar-refractivity contribution in [2.75, 3.05) is 38.2 Å². The summed E-state index contributed by atoms with van der Waals surface area (Å²) in [7, 11) is 0. The first kappa shape index (κ1) is 38.3. The van der Waals surface area contributed by atoms with E-state index in [1.807, 2.05) is 36.0 Å². The molecule has 0 bridgehead atoms. The number of ether oxygens (including phenoxy) is 1. The number of fused-ring (bicyclic) bond motifs is 1. The number of anilines is 1. The van der Waals surface area contributed by atoms with Gasteiger partial charge >= 0.3 is 0 Å². The highest BCUT2D eigenvalue weighted by Crippen LogP contribution is 2.32. The van der Waals surface area contributed by atoms with Crippen molar-refractivity contribution in [3.8, 4) is 11.1 Å². The van der Waals surface area contributed by atoms with Crippen molar-refractivity contribution in [1.82, 2.24) is 35.6 Å². The van der Waals surface area contributed by atoms with Crippen LogP contribution in [0, 0.1) is 11.2 Å². The molecule has 284 valence electrons. The number of halogens is 1. The van der Waals surface area contributed by atoms with Crippen LogP contribution in [0.1, 0.15) is 76.3 Å². The van der Waals surface area contributed by atoms with Crippen LogP contribution in [0.5, 0.6) is 0 Å². The van der Waals surface area contributed by atoms with Crippen molar-refractivity contribution in [2.45, 2.75) is 98.6 Å². The van der Waals surface area contributed by atoms with E-state index in [9.17, 15) is 9.59 Å². The predicted molar refractivity (Wildman–Crippen MR) is 207 cm³/mol. The second kappa shape index (κ2) is 17.2. The van der Waals surface area contributed by atoms with Gasteiger partial charge in [0.1, 0.15) is 5.82 Å². The fourth-order valence-electron chi connectivity index (χ4n) is 7.41. The number of benzene rings is 2. The number of pyridine rings is 1. The minimum Gasteiger partial charge on any atom is -0.381 e. The summed E-state index contributed by atoms with van der Waals surface area (Å²) >= 11 is 0. The van der Waals surface area contributed by atoms with Crippen LogP contribution in [0.3, 0.4) is 0 Å². The Labute approximate surface area is 312 Å². The fraction of sp³-hybridized carbons (Fsp3) is 0.512. The third kappa shape index (κ3) is 9.41. The number of carbonyl (C=O) groups excluding carboxylic acids is 2. The molecule has 2 aromatic carbocycles. The summed E-state index contributed by atoms with van der Waals surface area (Å²) in [6.07, 6.45) is 4.32. The molecule has 0 unspecified atom stereocenters. The number of nitrogens with one attached hydrogen (secondary N) is 4. The first-order valence-electron chi connectivity index (χ1n) is 19.1. The van der Waals surface area contributed by atoms with Gasteiger partial charge in [-0.15, -0.1) is 0 Å². The Morgan fingerprint density at radius 3 is 2.62 bits per heavy atom. The van der Waals surface area contributed by atoms with E-state index in [1.54, 1.807) is 26.0 Å². The molecular weight excluding hydrogens is 672 g/mol. The van der Waals surface area contributed by atoms with Crippen LogP contribution in [0.4, 0.5) is 10.1 Å². The minimum absolute atomic E-state index is 0.00601. The number of aryl methyl sites for hydroxylation is 2. The van der Waals surface area contributed by atoms with Gasteiger partial charge < -0.3 is 26.0 Å². The van der Waals surface area contributed by atoms with E-state index in [2.05, 4.69) is 51.2 Å². The van der Waals surface area contributed by atoms with E-state index in [1.165, 1.54) is 6.07 Å². The smallest absolute Gasteiger partial charge is 0.226 e. The molecule has 0 saturated carbocycles. The molecule has 2 fully saturated rings. The Hall–Kier alpha value is -4.39. The lowest BCUT2D eigenvalue weighted by Crippen LogP contribution is -2.48. The fourth-order valence-corrected chi connectivity index (χ4v) is 7.41. The zero-order valence-electron chi connectivity index (χ0n) is 31.9. The molecule has 2 saturated heterocycles. The van der Waals surface area contributed by atoms with Gasteiger partial charge in [0.05, 0.1) is 22.7 Å². The van der Waals surface area contributed by atoms with Gasteiger partial charge in [-0.05, 0) is 68.0 Å². The Bertz CT molecular complexity index is 1900. The molecular formula is C41H55FN8O3. The van der Waals surface area contributed by atoms with Crippen LogP contribution in [0.15, 0.2) is 48.7 Å². The number of piperazine rings is 1. The molecule has 2 aliphatic heterocycles. The van der Waals surface area contributed by atoms with Crippen molar-refractivity contribution in [2.24, 2.45) is 5.41 Å². The molecule has 0 aliphatic carbocycles. The number of nitrogens with zero attached hydrogens (tertiary/aromatic N) is 4. The number of amides is 2. The molecule has 4 aromatic rings. The third-order valence-electron chi connectivity index (χ3n) is 10.4. The first-order valence-corrected chi connectivity index (χ1v) is 19.1. The van der Waals surface area contributed by atoms with Crippen molar-refractivity contribution < 1.29 is 18.7 Å². The third-order valence-corrected chi connectivity index (χ3v) is 10.4. The summed E-state index contributed by atoms with van der Waals surface area (Å²) in [6, 6.07) is 13.7. The Kier molecular flexibility index (Phi) is 12.4. The summed E-state index contributed by atoms with van der Waals surface area (Å²) in [4.78, 5) is 34.3. The van der Waals surface area contributed by atoms with E-state index < -0.39 is 5.41 Å². The molecule has 2 aromatic heterocycles. The predicted octanol–water partition coefficient (Wildman–Crippen LogP) is 5.55. The molecule has 4 N–H and O–H groups in total. The van der Waals surface area contributed by atoms with E-state index in [0.717, 1.165) is 83.7 Å². The van der Waals surface area contributed by atoms with Gasteiger partial charge in [-0.25, -0.2) is 14.1 Å². The number of rotatable bonds is 14. The highest BCUT2D eigenvalue weighted by molar-refractivity contribution is 5.92. The highest BCUT2D eigenvalue weighted by atomic mass is 19.1. The SMILES string of the molecule is CCc1nc2c(cnn2CC)c(NC2CCOCC2)c1CNC(=O)C(C)(C)CC(=O)NCc1ccc(F)c(-c2cccc(CN3CCN[C@@H](C)C3)c2)c1. The summed E-state index contributed by atoms with van der Waals surface area (Å²) in [6.45, 7) is 16.2. The molecule has 12 heteroatoms. The van der Waals surface area contributed by atoms with Crippen molar-refractivity contribution in [3.63, 3.8) is 0 Å². The summed E-state index contributed by atoms with van der Waals surface area (Å²) in [5.74, 6) is -0.790. The van der Waals surface area contributed by atoms with Gasteiger partial charge in [-0.1, -0.05) is 45.0 Å². The topological polar surface area (TPSA) is 125 Å². The molecule has 0 radical (unpaired) electrons. The highest BCUT2D eigenvalue weighted by Gasteiger charge is 2.31. The standard InChI is InChI=1S/C41H55FN8O3/c1-6-36-33(38(47-31-13-17-53-18-14-31)34-24-46-50(7-2)39(34)48-36)23-45-40(52)41(4,5)21-37(51)44-22-28-11-12-35(42)32(20-28)30-10-8-9-29(19-30)26-49-16-15-43-27(3)25-49/h8-12,19-20,24,27,31,43H,6-7,13-18,21-23,25-26H2,1-5H3,(H,44,51)(H,45,52)(H,47,48)/t27-/m0/s1. The number of hydrogen-bond donors (Lipinski definition) is 4. The maximum Gasteiger partial charge on any atom is 0.226 e. The van der Waals surface area contributed by atoms with E-state index >= 15 is 4.39 Å². The molecule has 1 atom stereocenters. The molecule has 2 aliphatic rings. The van der Waals surface area contributed by atoms with Crippen molar-refractivity contribution in [3.05, 3.63) is 76.9 Å². The van der Waals surface area contributed by atoms with Crippen LogP contribution in [-0.4, -0.2) is 76.4 Å². The van der Waals surface area contributed by atoms with E-state index in [0.29, 0.717) is 37.8 Å². The van der Waals surface area contributed by atoms with E-state index in [-0.39, 0.29) is 43.2 Å². The average Bonchev–Trinajstić information content (AvgIpc) is 3.57. The van der Waals surface area contributed by atoms with Gasteiger partial charge in [-0.3, -0.25) is 14.5 Å². The lowest BCUT2D eigenvalue weighted by molar-refractivity contribution is -0.134. The Morgan fingerprint density at radius 1 is 1.06 bits per heavy atom. The molecule has 6 rings (SSSR count). The van der Waals surface area contributed by atoms with Crippen molar-refractivity contribution in [1.29, 1.82) is 0 Å². The number of hydrogen-bond acceptors (Lipinski definition) is 8. The van der Waals surface area contributed by atoms with Gasteiger partial charge in [0, 0.05) is 94.4 Å². The monoisotopic (exact) mass is 726 g/mol. The Balaban J connectivity index is 1.09. The average molecular weight is 727 g/mol. The number of carbonyl (C=O) groups is 2. The maximum absolute atomic E-state index is 15.1.